The number of sulfonamides is 1. The molecule has 14 heteroatoms. The minimum Gasteiger partial charge on any atom is -0.286 e. The summed E-state index contributed by atoms with van der Waals surface area (Å²) in [5.74, 6) is -2.11. The van der Waals surface area contributed by atoms with Gasteiger partial charge in [-0.2, -0.15) is 21.4 Å². The number of nitrogens with zero attached hydrogens (tertiary/aromatic N) is 2. The molecular weight excluding hydrogens is 593 g/mol. The minimum atomic E-state index is -4.45. The lowest BCUT2D eigenvalue weighted by atomic mass is 10.0. The number of benzene rings is 3. The molecule has 41 heavy (non-hydrogen) atoms. The molecule has 0 saturated carbocycles. The van der Waals surface area contributed by atoms with Crippen LogP contribution >= 0.6 is 0 Å². The highest BCUT2D eigenvalue weighted by Crippen LogP contribution is 2.29. The Bertz CT molecular complexity index is 1880. The number of pyridine rings is 1. The molecule has 1 aromatic heterocycles. The highest BCUT2D eigenvalue weighted by Gasteiger charge is 2.34. The Labute approximate surface area is 238 Å². The third kappa shape index (κ3) is 7.08. The van der Waals surface area contributed by atoms with E-state index >= 15 is 0 Å². The highest BCUT2D eigenvalue weighted by atomic mass is 32.2. The van der Waals surface area contributed by atoms with Crippen LogP contribution in [0.4, 0.5) is 0 Å². The molecule has 0 unspecified atom stereocenters. The van der Waals surface area contributed by atoms with Crippen LogP contribution in [0.1, 0.15) is 28.8 Å². The van der Waals surface area contributed by atoms with Crippen molar-refractivity contribution in [3.05, 3.63) is 83.9 Å². The van der Waals surface area contributed by atoms with Crippen molar-refractivity contribution in [2.75, 3.05) is 18.1 Å². The summed E-state index contributed by atoms with van der Waals surface area (Å²) in [6.45, 7) is 1.44. The predicted octanol–water partition coefficient (Wildman–Crippen LogP) is 2.98. The van der Waals surface area contributed by atoms with E-state index < -0.39 is 54.2 Å². The Morgan fingerprint density at radius 3 is 1.73 bits per heavy atom. The number of hydrogen-bond acceptors (Lipinski definition) is 7. The third-order valence-corrected chi connectivity index (χ3v) is 9.93. The van der Waals surface area contributed by atoms with Crippen molar-refractivity contribution in [3.63, 3.8) is 0 Å². The van der Waals surface area contributed by atoms with Gasteiger partial charge in [-0.1, -0.05) is 42.0 Å². The van der Waals surface area contributed by atoms with Crippen molar-refractivity contribution in [1.29, 1.82) is 0 Å². The van der Waals surface area contributed by atoms with Gasteiger partial charge >= 0.3 is 0 Å². The summed E-state index contributed by atoms with van der Waals surface area (Å²) in [7, 11) is -13.1. The Kier molecular flexibility index (Phi) is 8.80. The average Bonchev–Trinajstić information content (AvgIpc) is 2.89. The number of aryl methyl sites for hydroxylation is 2. The van der Waals surface area contributed by atoms with E-state index in [1.54, 1.807) is 72.2 Å². The number of para-hydroxylation sites is 2. The number of hydrogen-bond donors (Lipinski definition) is 2. The van der Waals surface area contributed by atoms with Crippen LogP contribution in [0.15, 0.2) is 77.7 Å². The van der Waals surface area contributed by atoms with Crippen LogP contribution in [0, 0.1) is 6.92 Å². The van der Waals surface area contributed by atoms with Crippen molar-refractivity contribution >= 4 is 58.0 Å². The van der Waals surface area contributed by atoms with E-state index in [2.05, 4.69) is 0 Å². The summed E-state index contributed by atoms with van der Waals surface area (Å²) < 4.78 is 93.9. The largest absolute Gasteiger partial charge is 0.286 e. The number of fused-ring (bicyclic) bond motifs is 2. The van der Waals surface area contributed by atoms with Gasteiger partial charge < -0.3 is 0 Å². The smallest absolute Gasteiger partial charge is 0.269 e. The topological polar surface area (TPSA) is 167 Å². The zero-order chi connectivity index (χ0) is 30.0. The minimum absolute atomic E-state index is 0.0600. The van der Waals surface area contributed by atoms with Crippen LogP contribution in [-0.4, -0.2) is 62.6 Å². The van der Waals surface area contributed by atoms with Gasteiger partial charge in [-0.25, -0.2) is 12.7 Å². The van der Waals surface area contributed by atoms with Crippen molar-refractivity contribution in [2.45, 2.75) is 31.2 Å². The molecule has 0 aliphatic heterocycles. The van der Waals surface area contributed by atoms with E-state index in [1.165, 1.54) is 12.1 Å². The van der Waals surface area contributed by atoms with E-state index in [-0.39, 0.29) is 29.8 Å². The molecule has 4 rings (SSSR count). The summed E-state index contributed by atoms with van der Waals surface area (Å²) in [5, 5.41) is 0.781. The maximum atomic E-state index is 14.3. The molecule has 1 amide bonds. The second-order valence-corrected chi connectivity index (χ2v) is 14.5. The van der Waals surface area contributed by atoms with E-state index in [1.807, 2.05) is 0 Å². The van der Waals surface area contributed by atoms with Gasteiger partial charge in [0.05, 0.1) is 32.7 Å². The summed E-state index contributed by atoms with van der Waals surface area (Å²) in [5.41, 5.74) is 1.91. The van der Waals surface area contributed by atoms with Crippen molar-refractivity contribution in [2.24, 2.45) is 0 Å². The number of amides is 1. The maximum Gasteiger partial charge on any atom is 0.269 e. The third-order valence-electron chi connectivity index (χ3n) is 6.53. The Balaban J connectivity index is 1.91. The highest BCUT2D eigenvalue weighted by molar-refractivity contribution is 7.89. The molecule has 11 nitrogen and oxygen atoms in total. The van der Waals surface area contributed by atoms with Crippen LogP contribution in [0.3, 0.4) is 0 Å². The summed E-state index contributed by atoms with van der Waals surface area (Å²) >= 11 is 0. The van der Waals surface area contributed by atoms with Gasteiger partial charge in [0.25, 0.3) is 36.2 Å². The Morgan fingerprint density at radius 1 is 0.732 bits per heavy atom. The fraction of sp³-hybridized carbons (Fsp3) is 0.259. The first-order chi connectivity index (χ1) is 19.2. The number of aromatic nitrogens is 1. The molecular formula is C27H29N2O9S3+. The van der Waals surface area contributed by atoms with Crippen LogP contribution in [0.5, 0.6) is 0 Å². The monoisotopic (exact) mass is 621 g/mol. The molecule has 0 aliphatic carbocycles. The second-order valence-electron chi connectivity index (χ2n) is 9.54. The molecule has 1 heterocycles. The van der Waals surface area contributed by atoms with Gasteiger partial charge in [-0.15, -0.1) is 0 Å². The molecule has 2 N–H and O–H groups in total. The fourth-order valence-electron chi connectivity index (χ4n) is 4.68. The number of carbonyl (C=O) groups excluding carboxylic acids is 1. The lowest BCUT2D eigenvalue weighted by molar-refractivity contribution is -0.645. The van der Waals surface area contributed by atoms with Gasteiger partial charge in [0.2, 0.25) is 11.0 Å². The van der Waals surface area contributed by atoms with Gasteiger partial charge in [0.15, 0.2) is 6.54 Å². The fourth-order valence-corrected chi connectivity index (χ4v) is 7.08. The first-order valence-electron chi connectivity index (χ1n) is 12.6. The zero-order valence-electron chi connectivity index (χ0n) is 22.0. The molecule has 4 aromatic rings. The standard InChI is InChI=1S/C27H28N2O9S3/c1-20-12-14-21(15-13-20)41(37,38)29(17-7-19-40(34,35)36)27(30)26-22-8-2-4-10-24(22)28(16-6-18-39(31,32)33)25-11-5-3-9-23(25)26/h2-5,8-15H,6-7,16-19H2,1H3,(H-,31,32,33,34,35,36)/p+1. The molecule has 3 aromatic carbocycles. The van der Waals surface area contributed by atoms with E-state index in [0.29, 0.717) is 26.1 Å². The van der Waals surface area contributed by atoms with Gasteiger partial charge in [0, 0.05) is 25.1 Å². The zero-order valence-corrected chi connectivity index (χ0v) is 24.5. The van der Waals surface area contributed by atoms with Crippen LogP contribution in [-0.2, 0) is 36.8 Å². The van der Waals surface area contributed by atoms with Crippen LogP contribution in [0.2, 0.25) is 0 Å². The molecule has 0 saturated heterocycles. The molecule has 0 aliphatic rings. The Morgan fingerprint density at radius 2 is 1.22 bits per heavy atom. The summed E-state index contributed by atoms with van der Waals surface area (Å²) in [6.07, 6.45) is -0.262. The first kappa shape index (κ1) is 30.5. The molecule has 0 bridgehead atoms. The lowest BCUT2D eigenvalue weighted by Crippen LogP contribution is -2.41. The van der Waals surface area contributed by atoms with E-state index in [0.717, 1.165) is 5.56 Å². The van der Waals surface area contributed by atoms with Crippen molar-refractivity contribution < 1.29 is 43.7 Å². The summed E-state index contributed by atoms with van der Waals surface area (Å²) in [6, 6.07) is 19.4. The Hall–Kier alpha value is -3.43. The quantitative estimate of drug-likeness (QED) is 0.145. The maximum absolute atomic E-state index is 14.3. The van der Waals surface area contributed by atoms with Gasteiger partial charge in [-0.3, -0.25) is 13.9 Å². The van der Waals surface area contributed by atoms with Crippen molar-refractivity contribution in [1.82, 2.24) is 4.31 Å². The van der Waals surface area contributed by atoms with Gasteiger partial charge in [-0.05, 0) is 37.6 Å². The predicted molar refractivity (Wildman–Crippen MR) is 153 cm³/mol. The molecule has 0 spiro atoms. The van der Waals surface area contributed by atoms with Gasteiger partial charge in [0.1, 0.15) is 0 Å². The van der Waals surface area contributed by atoms with Crippen LogP contribution in [0.25, 0.3) is 21.8 Å². The number of rotatable bonds is 11. The van der Waals surface area contributed by atoms with Crippen LogP contribution < -0.4 is 4.57 Å². The molecule has 0 radical (unpaired) electrons. The molecule has 0 fully saturated rings. The van der Waals surface area contributed by atoms with Crippen molar-refractivity contribution in [3.8, 4) is 0 Å². The lowest BCUT2D eigenvalue weighted by Gasteiger charge is -2.24. The van der Waals surface area contributed by atoms with E-state index in [4.69, 9.17) is 0 Å². The molecule has 0 atom stereocenters. The first-order valence-corrected chi connectivity index (χ1v) is 17.2. The number of carbonyl (C=O) groups is 1. The van der Waals surface area contributed by atoms with E-state index in [9.17, 15) is 39.2 Å². The second kappa shape index (κ2) is 11.8. The average molecular weight is 622 g/mol. The summed E-state index contributed by atoms with van der Waals surface area (Å²) in [4.78, 5) is 14.1. The normalized spacial score (nSPS) is 12.6. The SMILES string of the molecule is Cc1ccc(S(=O)(=O)N(CCCS(=O)(=O)O)C(=O)c2c3ccccc3[n+](CCCS(=O)(=O)O)c3ccccc23)cc1. The molecule has 218 valence electrons.